The molecule has 0 bridgehead atoms. The number of amides is 1. The number of anilines is 1. The average molecular weight is 581 g/mol. The standard InChI is InChI=1S/C29H31F3N8O2/c1-29(2,42)26(30)14-35-27(41)21-13-34-23(25-8-7-20-9-17(11-33)12-37-40(20)25)10-22(21)38-19-5-3-18(4-6-19)24-15-39(16-36-24)28(31)32/h7-10,12-13,15-16,18-19,26,28,42H,3-6,14H2,1-2H3,(H,34,38)(H,35,41)/t18?,19?,26-/m1/s1. The number of carbonyl (C=O) groups excluding carboxylic acids is 1. The summed E-state index contributed by atoms with van der Waals surface area (Å²) < 4.78 is 42.8. The van der Waals surface area contributed by atoms with Crippen LogP contribution < -0.4 is 10.6 Å². The Bertz CT molecular complexity index is 1610. The SMILES string of the molecule is CC(C)(O)[C@H](F)CNC(=O)c1cnc(-c2ccc3cc(C#N)cnn23)cc1NC1CCC(c2cn(C(F)F)cn2)CC1. The molecule has 0 saturated heterocycles. The van der Waals surface area contributed by atoms with Crippen molar-refractivity contribution in [2.24, 2.45) is 0 Å². The molecule has 1 aliphatic rings. The predicted octanol–water partition coefficient (Wildman–Crippen LogP) is 4.84. The van der Waals surface area contributed by atoms with Gasteiger partial charge in [-0.3, -0.25) is 14.3 Å². The van der Waals surface area contributed by atoms with E-state index in [0.717, 1.165) is 23.7 Å². The first kappa shape index (κ1) is 29.1. The van der Waals surface area contributed by atoms with Crippen LogP contribution in [0.2, 0.25) is 0 Å². The van der Waals surface area contributed by atoms with Crippen LogP contribution in [0.15, 0.2) is 49.2 Å². The van der Waals surface area contributed by atoms with E-state index in [4.69, 9.17) is 0 Å². The van der Waals surface area contributed by atoms with E-state index in [1.165, 1.54) is 32.4 Å². The summed E-state index contributed by atoms with van der Waals surface area (Å²) in [7, 11) is 0. The van der Waals surface area contributed by atoms with Crippen LogP contribution in [-0.2, 0) is 0 Å². The second-order valence-electron chi connectivity index (χ2n) is 11.1. The summed E-state index contributed by atoms with van der Waals surface area (Å²) in [5, 5.41) is 29.4. The molecule has 1 saturated carbocycles. The summed E-state index contributed by atoms with van der Waals surface area (Å²) in [6.45, 7) is -0.352. The van der Waals surface area contributed by atoms with Crippen LogP contribution in [0.4, 0.5) is 18.9 Å². The van der Waals surface area contributed by atoms with Gasteiger partial charge in [0.05, 0.1) is 64.1 Å². The Morgan fingerprint density at radius 3 is 2.60 bits per heavy atom. The van der Waals surface area contributed by atoms with Gasteiger partial charge in [-0.25, -0.2) is 13.9 Å². The highest BCUT2D eigenvalue weighted by atomic mass is 19.3. The van der Waals surface area contributed by atoms with Gasteiger partial charge in [-0.05, 0) is 63.8 Å². The molecule has 1 amide bonds. The number of nitriles is 1. The van der Waals surface area contributed by atoms with Crippen molar-refractivity contribution < 1.29 is 23.1 Å². The van der Waals surface area contributed by atoms with Gasteiger partial charge in [0.1, 0.15) is 12.2 Å². The van der Waals surface area contributed by atoms with E-state index in [1.807, 2.05) is 12.1 Å². The Hall–Kier alpha value is -4.44. The number of halogens is 3. The van der Waals surface area contributed by atoms with Crippen LogP contribution in [0.5, 0.6) is 0 Å². The topological polar surface area (TPSA) is 133 Å². The van der Waals surface area contributed by atoms with Crippen LogP contribution in [0.3, 0.4) is 0 Å². The van der Waals surface area contributed by atoms with E-state index in [9.17, 15) is 28.3 Å². The zero-order valence-electron chi connectivity index (χ0n) is 23.1. The van der Waals surface area contributed by atoms with E-state index in [2.05, 4.69) is 31.8 Å². The summed E-state index contributed by atoms with van der Waals surface area (Å²) in [6.07, 6.45) is 6.60. The lowest BCUT2D eigenvalue weighted by molar-refractivity contribution is -0.00178. The van der Waals surface area contributed by atoms with Crippen LogP contribution in [0.25, 0.3) is 16.9 Å². The van der Waals surface area contributed by atoms with Gasteiger partial charge in [-0.2, -0.15) is 19.1 Å². The minimum absolute atomic E-state index is 0.0223. The number of rotatable bonds is 9. The minimum Gasteiger partial charge on any atom is -0.387 e. The van der Waals surface area contributed by atoms with Crippen LogP contribution >= 0.6 is 0 Å². The zero-order valence-corrected chi connectivity index (χ0v) is 23.1. The number of alkyl halides is 3. The molecule has 13 heteroatoms. The molecule has 3 N–H and O–H groups in total. The smallest absolute Gasteiger partial charge is 0.319 e. The molecule has 1 aliphatic carbocycles. The third kappa shape index (κ3) is 6.23. The first-order chi connectivity index (χ1) is 20.0. The number of imidazole rings is 1. The molecule has 220 valence electrons. The van der Waals surface area contributed by atoms with E-state index in [1.54, 1.807) is 16.6 Å². The van der Waals surface area contributed by atoms with E-state index in [0.29, 0.717) is 46.7 Å². The molecule has 0 radical (unpaired) electrons. The number of fused-ring (bicyclic) bond motifs is 1. The van der Waals surface area contributed by atoms with Crippen LogP contribution in [0.1, 0.15) is 73.6 Å². The van der Waals surface area contributed by atoms with Crippen molar-refractivity contribution in [3.8, 4) is 17.5 Å². The van der Waals surface area contributed by atoms with Crippen molar-refractivity contribution in [3.63, 3.8) is 0 Å². The molecule has 42 heavy (non-hydrogen) atoms. The molecule has 0 aliphatic heterocycles. The van der Waals surface area contributed by atoms with Crippen LogP contribution in [-0.4, -0.2) is 59.5 Å². The lowest BCUT2D eigenvalue weighted by Crippen LogP contribution is -2.42. The number of carbonyl (C=O) groups is 1. The Labute approximate surface area is 240 Å². The molecule has 5 rings (SSSR count). The highest BCUT2D eigenvalue weighted by Crippen LogP contribution is 2.35. The predicted molar refractivity (Wildman–Crippen MR) is 149 cm³/mol. The number of pyridine rings is 1. The quantitative estimate of drug-likeness (QED) is 0.258. The molecule has 4 aromatic rings. The molecule has 4 aromatic heterocycles. The second-order valence-corrected chi connectivity index (χ2v) is 11.1. The molecule has 1 atom stereocenters. The van der Waals surface area contributed by atoms with E-state index in [-0.39, 0.29) is 24.1 Å². The molecule has 0 unspecified atom stereocenters. The number of aromatic nitrogens is 5. The summed E-state index contributed by atoms with van der Waals surface area (Å²) in [4.78, 5) is 21.8. The lowest BCUT2D eigenvalue weighted by Gasteiger charge is -2.29. The van der Waals surface area contributed by atoms with Gasteiger partial charge in [0.15, 0.2) is 0 Å². The van der Waals surface area contributed by atoms with Crippen molar-refractivity contribution in [2.75, 3.05) is 11.9 Å². The average Bonchev–Trinajstić information content (AvgIpc) is 3.63. The molecule has 1 fully saturated rings. The number of nitrogens with one attached hydrogen (secondary N) is 2. The second kappa shape index (κ2) is 11.8. The lowest BCUT2D eigenvalue weighted by atomic mass is 9.84. The summed E-state index contributed by atoms with van der Waals surface area (Å²) >= 11 is 0. The summed E-state index contributed by atoms with van der Waals surface area (Å²) in [6, 6.07) is 9.11. The van der Waals surface area contributed by atoms with Gasteiger partial charge in [-0.1, -0.05) is 0 Å². The fourth-order valence-electron chi connectivity index (χ4n) is 5.10. The van der Waals surface area contributed by atoms with Crippen LogP contribution in [0, 0.1) is 11.3 Å². The van der Waals surface area contributed by atoms with Crippen molar-refractivity contribution in [3.05, 3.63) is 66.0 Å². The highest BCUT2D eigenvalue weighted by molar-refractivity contribution is 6.00. The number of hydrogen-bond acceptors (Lipinski definition) is 7. The van der Waals surface area contributed by atoms with Crippen molar-refractivity contribution >= 4 is 17.1 Å². The molecule has 0 spiro atoms. The van der Waals surface area contributed by atoms with E-state index < -0.39 is 24.2 Å². The molecular weight excluding hydrogens is 549 g/mol. The number of aliphatic hydroxyl groups is 1. The maximum atomic E-state index is 14.4. The van der Waals surface area contributed by atoms with Gasteiger partial charge in [0, 0.05) is 24.4 Å². The maximum absolute atomic E-state index is 14.4. The number of nitrogens with zero attached hydrogens (tertiary/aromatic N) is 6. The summed E-state index contributed by atoms with van der Waals surface area (Å²) in [5.74, 6) is -0.495. The maximum Gasteiger partial charge on any atom is 0.319 e. The Balaban J connectivity index is 1.38. The van der Waals surface area contributed by atoms with Gasteiger partial charge in [0.25, 0.3) is 5.91 Å². The molecule has 10 nitrogen and oxygen atoms in total. The van der Waals surface area contributed by atoms with Gasteiger partial charge < -0.3 is 15.7 Å². The van der Waals surface area contributed by atoms with Crippen molar-refractivity contribution in [1.82, 2.24) is 29.5 Å². The first-order valence-electron chi connectivity index (χ1n) is 13.6. The Morgan fingerprint density at radius 2 is 1.93 bits per heavy atom. The van der Waals surface area contributed by atoms with Crippen molar-refractivity contribution in [2.45, 2.75) is 69.8 Å². The number of hydrogen-bond donors (Lipinski definition) is 3. The van der Waals surface area contributed by atoms with Gasteiger partial charge in [-0.15, -0.1) is 0 Å². The molecular formula is C29H31F3N8O2. The fourth-order valence-corrected chi connectivity index (χ4v) is 5.10. The first-order valence-corrected chi connectivity index (χ1v) is 13.6. The largest absolute Gasteiger partial charge is 0.387 e. The highest BCUT2D eigenvalue weighted by Gasteiger charge is 2.29. The monoisotopic (exact) mass is 580 g/mol. The third-order valence-electron chi connectivity index (χ3n) is 7.60. The van der Waals surface area contributed by atoms with Crippen molar-refractivity contribution in [1.29, 1.82) is 5.26 Å². The van der Waals surface area contributed by atoms with Gasteiger partial charge in [0.2, 0.25) is 0 Å². The Morgan fingerprint density at radius 1 is 1.17 bits per heavy atom. The third-order valence-corrected chi connectivity index (χ3v) is 7.60. The fraction of sp³-hybridized carbons (Fsp3) is 0.414. The molecule has 0 aromatic carbocycles. The normalized spacial score (nSPS) is 18.1. The van der Waals surface area contributed by atoms with E-state index >= 15 is 0 Å². The minimum atomic E-state index is -2.63. The zero-order chi connectivity index (χ0) is 30.0. The molecule has 4 heterocycles. The Kier molecular flexibility index (Phi) is 8.17. The summed E-state index contributed by atoms with van der Waals surface area (Å²) in [5.41, 5.74) is 2.02. The van der Waals surface area contributed by atoms with Gasteiger partial charge >= 0.3 is 6.55 Å².